The summed E-state index contributed by atoms with van der Waals surface area (Å²) in [5, 5.41) is 17.7. The van der Waals surface area contributed by atoms with Gasteiger partial charge < -0.3 is 19.7 Å². The predicted octanol–water partition coefficient (Wildman–Crippen LogP) is 2.47. The molecule has 0 bridgehead atoms. The van der Waals surface area contributed by atoms with Crippen LogP contribution in [0.25, 0.3) is 0 Å². The van der Waals surface area contributed by atoms with E-state index in [1.165, 1.54) is 0 Å². The van der Waals surface area contributed by atoms with Gasteiger partial charge in [0.2, 0.25) is 5.91 Å². The molecule has 6 heteroatoms. The fourth-order valence-corrected chi connectivity index (χ4v) is 4.71. The van der Waals surface area contributed by atoms with Gasteiger partial charge in [-0.15, -0.1) is 0 Å². The molecule has 1 spiro atoms. The van der Waals surface area contributed by atoms with E-state index < -0.39 is 0 Å². The summed E-state index contributed by atoms with van der Waals surface area (Å²) in [7, 11) is 0. The number of nitrogens with one attached hydrogen (secondary N) is 1. The Hall–Kier alpha value is -1.40. The normalized spacial score (nSPS) is 26.7. The van der Waals surface area contributed by atoms with Crippen molar-refractivity contribution in [2.24, 2.45) is 11.3 Å². The van der Waals surface area contributed by atoms with E-state index in [1.807, 2.05) is 20.8 Å². The third-order valence-electron chi connectivity index (χ3n) is 6.21. The number of amides is 1. The van der Waals surface area contributed by atoms with Crippen molar-refractivity contribution >= 4 is 5.91 Å². The Morgan fingerprint density at radius 3 is 2.72 bits per heavy atom. The Morgan fingerprint density at radius 1 is 1.36 bits per heavy atom. The Bertz CT molecular complexity index is 587. The molecule has 1 saturated heterocycles. The summed E-state index contributed by atoms with van der Waals surface area (Å²) < 4.78 is 10.6. The largest absolute Gasteiger partial charge is 0.392 e. The molecule has 0 radical (unpaired) electrons. The maximum Gasteiger partial charge on any atom is 0.220 e. The number of hydrogen-bond donors (Lipinski definition) is 2. The Labute approximate surface area is 149 Å². The number of aryl methyl sites for hydroxylation is 2. The van der Waals surface area contributed by atoms with Crippen molar-refractivity contribution in [2.75, 3.05) is 19.8 Å². The van der Waals surface area contributed by atoms with Crippen molar-refractivity contribution in [3.8, 4) is 0 Å². The van der Waals surface area contributed by atoms with Crippen LogP contribution >= 0.6 is 0 Å². The molecule has 3 rings (SSSR count). The average molecular weight is 350 g/mol. The summed E-state index contributed by atoms with van der Waals surface area (Å²) in [6.45, 7) is 7.84. The number of nitrogens with zero attached hydrogens (tertiary/aromatic N) is 1. The zero-order chi connectivity index (χ0) is 18.0. The van der Waals surface area contributed by atoms with Gasteiger partial charge in [0.15, 0.2) is 0 Å². The number of rotatable bonds is 5. The maximum absolute atomic E-state index is 12.3. The van der Waals surface area contributed by atoms with Gasteiger partial charge >= 0.3 is 0 Å². The van der Waals surface area contributed by atoms with E-state index in [-0.39, 0.29) is 29.3 Å². The number of carbonyl (C=O) groups excluding carboxylic acids is 1. The van der Waals surface area contributed by atoms with E-state index in [4.69, 9.17) is 9.26 Å². The zero-order valence-corrected chi connectivity index (χ0v) is 15.5. The lowest BCUT2D eigenvalue weighted by atomic mass is 9.76. The smallest absolute Gasteiger partial charge is 0.220 e. The summed E-state index contributed by atoms with van der Waals surface area (Å²) in [4.78, 5) is 12.3. The lowest BCUT2D eigenvalue weighted by Gasteiger charge is -2.37. The summed E-state index contributed by atoms with van der Waals surface area (Å²) in [5.74, 6) is 1.02. The minimum absolute atomic E-state index is 0.0115. The molecule has 25 heavy (non-hydrogen) atoms. The van der Waals surface area contributed by atoms with Crippen LogP contribution in [0.5, 0.6) is 0 Å². The maximum atomic E-state index is 12.3. The van der Waals surface area contributed by atoms with Crippen LogP contribution in [0, 0.1) is 25.2 Å². The fourth-order valence-electron chi connectivity index (χ4n) is 4.71. The Kier molecular flexibility index (Phi) is 5.49. The van der Waals surface area contributed by atoms with E-state index in [9.17, 15) is 9.90 Å². The van der Waals surface area contributed by atoms with Crippen molar-refractivity contribution in [1.82, 2.24) is 10.5 Å². The Morgan fingerprint density at radius 2 is 2.08 bits per heavy atom. The molecule has 3 atom stereocenters. The Balaban J connectivity index is 1.49. The van der Waals surface area contributed by atoms with Crippen molar-refractivity contribution in [3.63, 3.8) is 0 Å². The minimum atomic E-state index is -0.336. The van der Waals surface area contributed by atoms with Gasteiger partial charge in [0.25, 0.3) is 0 Å². The number of carbonyl (C=O) groups is 1. The number of aromatic nitrogens is 1. The monoisotopic (exact) mass is 350 g/mol. The highest BCUT2D eigenvalue weighted by Crippen LogP contribution is 2.48. The number of hydrogen-bond acceptors (Lipinski definition) is 5. The first-order valence-corrected chi connectivity index (χ1v) is 9.38. The van der Waals surface area contributed by atoms with Crippen LogP contribution < -0.4 is 5.32 Å². The third kappa shape index (κ3) is 3.75. The SMILES string of the molecule is Cc1noc(C)c1C(C)CC(=O)NCC1CCC2(CCOCC2)C1O. The molecule has 0 aromatic carbocycles. The first-order chi connectivity index (χ1) is 11.9. The third-order valence-corrected chi connectivity index (χ3v) is 6.21. The molecule has 3 unspecified atom stereocenters. The number of aliphatic hydroxyl groups is 1. The van der Waals surface area contributed by atoms with Crippen LogP contribution in [-0.2, 0) is 9.53 Å². The van der Waals surface area contributed by atoms with Gasteiger partial charge in [-0.2, -0.15) is 0 Å². The summed E-state index contributed by atoms with van der Waals surface area (Å²) in [6, 6.07) is 0. The quantitative estimate of drug-likeness (QED) is 0.852. The van der Waals surface area contributed by atoms with Crippen LogP contribution in [-0.4, -0.2) is 42.0 Å². The second-order valence-corrected chi connectivity index (χ2v) is 7.87. The molecular weight excluding hydrogens is 320 g/mol. The van der Waals surface area contributed by atoms with Gasteiger partial charge in [-0.3, -0.25) is 4.79 Å². The predicted molar refractivity (Wildman–Crippen MR) is 93.2 cm³/mol. The van der Waals surface area contributed by atoms with E-state index in [0.717, 1.165) is 55.9 Å². The van der Waals surface area contributed by atoms with Gasteiger partial charge in [-0.25, -0.2) is 0 Å². The first-order valence-electron chi connectivity index (χ1n) is 9.38. The molecule has 2 heterocycles. The molecule has 1 aliphatic heterocycles. The molecule has 1 aromatic rings. The molecule has 1 aliphatic carbocycles. The highest BCUT2D eigenvalue weighted by molar-refractivity contribution is 5.76. The van der Waals surface area contributed by atoms with E-state index >= 15 is 0 Å². The van der Waals surface area contributed by atoms with Crippen LogP contribution in [0.3, 0.4) is 0 Å². The van der Waals surface area contributed by atoms with Crippen LogP contribution in [0.15, 0.2) is 4.52 Å². The van der Waals surface area contributed by atoms with Crippen molar-refractivity contribution in [3.05, 3.63) is 17.0 Å². The molecule has 2 aliphatic rings. The first kappa shape index (κ1) is 18.4. The van der Waals surface area contributed by atoms with Gasteiger partial charge in [-0.1, -0.05) is 12.1 Å². The topological polar surface area (TPSA) is 84.6 Å². The lowest BCUT2D eigenvalue weighted by Crippen LogP contribution is -2.41. The summed E-state index contributed by atoms with van der Waals surface area (Å²) in [6.07, 6.45) is 3.94. The molecule has 2 N–H and O–H groups in total. The molecule has 6 nitrogen and oxygen atoms in total. The van der Waals surface area contributed by atoms with E-state index in [1.54, 1.807) is 0 Å². The highest BCUT2D eigenvalue weighted by atomic mass is 16.5. The van der Waals surface area contributed by atoms with Crippen LogP contribution in [0.2, 0.25) is 0 Å². The zero-order valence-electron chi connectivity index (χ0n) is 15.5. The van der Waals surface area contributed by atoms with Crippen LogP contribution in [0.4, 0.5) is 0 Å². The highest BCUT2D eigenvalue weighted by Gasteiger charge is 2.48. The molecule has 2 fully saturated rings. The van der Waals surface area contributed by atoms with Gasteiger partial charge in [0.05, 0.1) is 11.8 Å². The van der Waals surface area contributed by atoms with Crippen molar-refractivity contribution in [2.45, 2.75) is 64.9 Å². The minimum Gasteiger partial charge on any atom is -0.392 e. The van der Waals surface area contributed by atoms with Crippen molar-refractivity contribution in [1.29, 1.82) is 0 Å². The molecule has 1 aromatic heterocycles. The second-order valence-electron chi connectivity index (χ2n) is 7.87. The molecule has 1 saturated carbocycles. The van der Waals surface area contributed by atoms with Crippen LogP contribution in [0.1, 0.15) is 62.0 Å². The second kappa shape index (κ2) is 7.46. The standard InChI is InChI=1S/C19H30N2O4/c1-12(17-13(2)21-25-14(17)3)10-16(22)20-11-15-4-5-19(18(15)23)6-8-24-9-7-19/h12,15,18,23H,4-11H2,1-3H3,(H,20,22). The van der Waals surface area contributed by atoms with Gasteiger partial charge in [-0.05, 0) is 45.4 Å². The average Bonchev–Trinajstić information content (AvgIpc) is 3.07. The molecule has 1 amide bonds. The van der Waals surface area contributed by atoms with E-state index in [2.05, 4.69) is 10.5 Å². The number of aliphatic hydroxyl groups excluding tert-OH is 1. The number of ether oxygens (including phenoxy) is 1. The van der Waals surface area contributed by atoms with E-state index in [0.29, 0.717) is 13.0 Å². The van der Waals surface area contributed by atoms with Gasteiger partial charge in [0, 0.05) is 43.1 Å². The van der Waals surface area contributed by atoms with Gasteiger partial charge in [0.1, 0.15) is 5.76 Å². The van der Waals surface area contributed by atoms with Crippen molar-refractivity contribution < 1.29 is 19.2 Å². The molecule has 140 valence electrons. The summed E-state index contributed by atoms with van der Waals surface area (Å²) >= 11 is 0. The fraction of sp³-hybridized carbons (Fsp3) is 0.789. The molecular formula is C19H30N2O4. The summed E-state index contributed by atoms with van der Waals surface area (Å²) in [5.41, 5.74) is 1.89. The lowest BCUT2D eigenvalue weighted by molar-refractivity contribution is -0.122.